The van der Waals surface area contributed by atoms with E-state index in [9.17, 15) is 17.2 Å². The van der Waals surface area contributed by atoms with E-state index in [0.717, 1.165) is 60.7 Å². The van der Waals surface area contributed by atoms with E-state index in [1.54, 1.807) is 24.4 Å². The topological polar surface area (TPSA) is 82.2 Å². The van der Waals surface area contributed by atoms with E-state index in [4.69, 9.17) is 4.74 Å². The maximum Gasteiger partial charge on any atom is 0.333 e. The van der Waals surface area contributed by atoms with Crippen LogP contribution in [0.4, 0.5) is 8.78 Å². The molecule has 6 rings (SSSR count). The average Bonchev–Trinajstić information content (AvgIpc) is 3.60. The Morgan fingerprint density at radius 1 is 1.03 bits per heavy atom. The van der Waals surface area contributed by atoms with Crippen LogP contribution in [0.2, 0.25) is 0 Å². The Balaban J connectivity index is 1.42. The number of fused-ring (bicyclic) bond motifs is 1. The standard InChI is InChI=1S/C27H27F2N5O3S/c28-27(29)33-17-21(16-31-33)25-18-34(38(35,36)23-4-2-1-3-5-23)26-24(25)14-20(15-30-26)19-6-8-22(9-7-19)32-10-12-37-13-11-32/h1-6,14-18,22,27H,7-13H2. The highest BCUT2D eigenvalue weighted by Gasteiger charge is 2.26. The first-order chi connectivity index (χ1) is 18.4. The Bertz CT molecular complexity index is 1590. The lowest BCUT2D eigenvalue weighted by atomic mass is 9.90. The number of benzene rings is 1. The Morgan fingerprint density at radius 3 is 2.50 bits per heavy atom. The van der Waals surface area contributed by atoms with Crippen LogP contribution in [0.15, 0.2) is 72.2 Å². The molecule has 11 heteroatoms. The molecule has 1 aliphatic heterocycles. The Labute approximate surface area is 219 Å². The zero-order chi connectivity index (χ0) is 26.3. The number of rotatable bonds is 6. The lowest BCUT2D eigenvalue weighted by molar-refractivity contribution is 0.0150. The van der Waals surface area contributed by atoms with Crippen LogP contribution < -0.4 is 0 Å². The van der Waals surface area contributed by atoms with Crippen molar-refractivity contribution in [1.29, 1.82) is 0 Å². The van der Waals surface area contributed by atoms with Gasteiger partial charge < -0.3 is 4.74 Å². The molecule has 2 aliphatic rings. The number of halogens is 2. The molecule has 38 heavy (non-hydrogen) atoms. The summed E-state index contributed by atoms with van der Waals surface area (Å²) in [6.07, 6.45) is 10.7. The second-order valence-electron chi connectivity index (χ2n) is 9.54. The van der Waals surface area contributed by atoms with Gasteiger partial charge in [0.15, 0.2) is 5.65 Å². The lowest BCUT2D eigenvalue weighted by Crippen LogP contribution is -2.43. The largest absolute Gasteiger partial charge is 0.379 e. The molecule has 1 unspecified atom stereocenters. The molecule has 1 fully saturated rings. The fourth-order valence-corrected chi connectivity index (χ4v) is 6.66. The van der Waals surface area contributed by atoms with Gasteiger partial charge in [0.05, 0.1) is 24.3 Å². The molecule has 0 saturated carbocycles. The summed E-state index contributed by atoms with van der Waals surface area (Å²) in [4.78, 5) is 7.18. The van der Waals surface area contributed by atoms with E-state index < -0.39 is 16.6 Å². The molecule has 1 atom stereocenters. The third kappa shape index (κ3) is 4.55. The summed E-state index contributed by atoms with van der Waals surface area (Å²) >= 11 is 0. The normalized spacial score (nSPS) is 19.2. The maximum absolute atomic E-state index is 13.5. The number of morpholine rings is 1. The van der Waals surface area contributed by atoms with Crippen molar-refractivity contribution in [3.05, 3.63) is 72.8 Å². The summed E-state index contributed by atoms with van der Waals surface area (Å²) in [5.74, 6) is 0. The predicted molar refractivity (Wildman–Crippen MR) is 139 cm³/mol. The Morgan fingerprint density at radius 2 is 1.82 bits per heavy atom. The fraction of sp³-hybridized carbons (Fsp3) is 0.333. The number of nitrogens with zero attached hydrogens (tertiary/aromatic N) is 5. The molecule has 0 amide bonds. The van der Waals surface area contributed by atoms with Gasteiger partial charge in [-0.2, -0.15) is 13.9 Å². The van der Waals surface area contributed by atoms with Crippen molar-refractivity contribution in [2.75, 3.05) is 26.3 Å². The molecule has 1 aromatic carbocycles. The van der Waals surface area contributed by atoms with Gasteiger partial charge in [-0.05, 0) is 48.6 Å². The first kappa shape index (κ1) is 24.9. The minimum atomic E-state index is -3.97. The van der Waals surface area contributed by atoms with Crippen molar-refractivity contribution in [3.8, 4) is 11.1 Å². The SMILES string of the molecule is O=S(=O)(c1ccccc1)n1cc(-c2cnn(C(F)F)c2)c2cc(C3=CCC(N4CCOCC4)CC3)cnc21. The van der Waals surface area contributed by atoms with Crippen LogP contribution in [-0.2, 0) is 14.8 Å². The van der Waals surface area contributed by atoms with Crippen LogP contribution in [0.1, 0.15) is 31.4 Å². The van der Waals surface area contributed by atoms with E-state index >= 15 is 0 Å². The highest BCUT2D eigenvalue weighted by atomic mass is 32.2. The van der Waals surface area contributed by atoms with Crippen LogP contribution in [0.3, 0.4) is 0 Å². The fourth-order valence-electron chi connectivity index (χ4n) is 5.31. The number of allylic oxidation sites excluding steroid dienone is 1. The Kier molecular flexibility index (Phi) is 6.58. The smallest absolute Gasteiger partial charge is 0.333 e. The van der Waals surface area contributed by atoms with Gasteiger partial charge in [-0.15, -0.1) is 0 Å². The minimum absolute atomic E-state index is 0.113. The monoisotopic (exact) mass is 539 g/mol. The number of alkyl halides is 2. The van der Waals surface area contributed by atoms with Crippen LogP contribution >= 0.6 is 0 Å². The van der Waals surface area contributed by atoms with Crippen LogP contribution in [0, 0.1) is 0 Å². The van der Waals surface area contributed by atoms with Crippen molar-refractivity contribution in [3.63, 3.8) is 0 Å². The zero-order valence-corrected chi connectivity index (χ0v) is 21.4. The summed E-state index contributed by atoms with van der Waals surface area (Å²) in [7, 11) is -3.97. The highest BCUT2D eigenvalue weighted by Crippen LogP contribution is 2.36. The second kappa shape index (κ2) is 10.0. The van der Waals surface area contributed by atoms with E-state index in [2.05, 4.69) is 21.1 Å². The molecular weight excluding hydrogens is 512 g/mol. The quantitative estimate of drug-likeness (QED) is 0.350. The van der Waals surface area contributed by atoms with Crippen molar-refractivity contribution in [1.82, 2.24) is 23.6 Å². The molecule has 4 aromatic rings. The number of aromatic nitrogens is 4. The van der Waals surface area contributed by atoms with Gasteiger partial charge in [0.25, 0.3) is 10.0 Å². The minimum Gasteiger partial charge on any atom is -0.379 e. The van der Waals surface area contributed by atoms with Crippen molar-refractivity contribution < 1.29 is 21.9 Å². The Hall–Kier alpha value is -3.41. The molecule has 0 bridgehead atoms. The number of hydrogen-bond acceptors (Lipinski definition) is 6. The van der Waals surface area contributed by atoms with E-state index in [1.165, 1.54) is 30.7 Å². The third-order valence-corrected chi connectivity index (χ3v) is 9.00. The average molecular weight is 540 g/mol. The molecule has 0 spiro atoms. The van der Waals surface area contributed by atoms with Gasteiger partial charge >= 0.3 is 6.55 Å². The second-order valence-corrected chi connectivity index (χ2v) is 11.4. The third-order valence-electron chi connectivity index (χ3n) is 7.34. The van der Waals surface area contributed by atoms with Gasteiger partial charge in [-0.1, -0.05) is 24.3 Å². The number of pyridine rings is 1. The molecule has 4 heterocycles. The van der Waals surface area contributed by atoms with E-state index in [1.807, 2.05) is 6.07 Å². The number of ether oxygens (including phenoxy) is 1. The van der Waals surface area contributed by atoms with Crippen LogP contribution in [-0.4, -0.2) is 64.4 Å². The van der Waals surface area contributed by atoms with Crippen molar-refractivity contribution in [2.24, 2.45) is 0 Å². The van der Waals surface area contributed by atoms with Gasteiger partial charge in [-0.3, -0.25) is 4.90 Å². The van der Waals surface area contributed by atoms with Crippen LogP contribution in [0.25, 0.3) is 27.7 Å². The van der Waals surface area contributed by atoms with E-state index in [-0.39, 0.29) is 10.5 Å². The molecule has 3 aromatic heterocycles. The molecule has 1 aliphatic carbocycles. The summed E-state index contributed by atoms with van der Waals surface area (Å²) in [5.41, 5.74) is 3.15. The van der Waals surface area contributed by atoms with Crippen molar-refractivity contribution >= 4 is 26.6 Å². The first-order valence-corrected chi connectivity index (χ1v) is 14.0. The molecule has 0 N–H and O–H groups in total. The van der Waals surface area contributed by atoms with Gasteiger partial charge in [-0.25, -0.2) is 22.1 Å². The molecular formula is C27H27F2N5O3S. The predicted octanol–water partition coefficient (Wildman–Crippen LogP) is 4.80. The number of hydrogen-bond donors (Lipinski definition) is 0. The van der Waals surface area contributed by atoms with Gasteiger partial charge in [0.1, 0.15) is 0 Å². The van der Waals surface area contributed by atoms with Gasteiger partial charge in [0.2, 0.25) is 0 Å². The van der Waals surface area contributed by atoms with Crippen LogP contribution in [0.5, 0.6) is 0 Å². The molecule has 198 valence electrons. The lowest BCUT2D eigenvalue weighted by Gasteiger charge is -2.36. The highest BCUT2D eigenvalue weighted by molar-refractivity contribution is 7.90. The summed E-state index contributed by atoms with van der Waals surface area (Å²) < 4.78 is 60.8. The van der Waals surface area contributed by atoms with Gasteiger partial charge in [0, 0.05) is 54.2 Å². The summed E-state index contributed by atoms with van der Waals surface area (Å²) in [6.45, 7) is 0.620. The maximum atomic E-state index is 13.5. The van der Waals surface area contributed by atoms with Crippen molar-refractivity contribution in [2.45, 2.75) is 36.7 Å². The van der Waals surface area contributed by atoms with E-state index in [0.29, 0.717) is 27.2 Å². The first-order valence-electron chi connectivity index (χ1n) is 12.6. The molecule has 1 saturated heterocycles. The molecule has 0 radical (unpaired) electrons. The zero-order valence-electron chi connectivity index (χ0n) is 20.6. The summed E-state index contributed by atoms with van der Waals surface area (Å²) in [6, 6.07) is 10.5. The molecule has 8 nitrogen and oxygen atoms in total. The summed E-state index contributed by atoms with van der Waals surface area (Å²) in [5, 5.41) is 4.32.